The SMILES string of the molecule is COc1ccc(NC(=O)C2=Cc3sc4c(c3CS2)CCC(C)C4)cc1. The molecule has 1 N–H and O–H groups in total. The van der Waals surface area contributed by atoms with Crippen molar-refractivity contribution >= 4 is 40.8 Å². The number of carbonyl (C=O) groups is 1. The lowest BCUT2D eigenvalue weighted by Crippen LogP contribution is -2.14. The predicted molar refractivity (Wildman–Crippen MR) is 106 cm³/mol. The van der Waals surface area contributed by atoms with Crippen LogP contribution in [0.2, 0.25) is 0 Å². The molecule has 4 rings (SSSR count). The first-order chi connectivity index (χ1) is 12.1. The van der Waals surface area contributed by atoms with Crippen molar-refractivity contribution in [1.82, 2.24) is 0 Å². The van der Waals surface area contributed by atoms with Gasteiger partial charge in [0.2, 0.25) is 0 Å². The number of thioether (sulfide) groups is 1. The monoisotopic (exact) mass is 371 g/mol. The maximum absolute atomic E-state index is 12.6. The van der Waals surface area contributed by atoms with Gasteiger partial charge < -0.3 is 10.1 Å². The summed E-state index contributed by atoms with van der Waals surface area (Å²) in [6, 6.07) is 7.43. The molecule has 0 radical (unpaired) electrons. The zero-order chi connectivity index (χ0) is 17.4. The molecule has 0 bridgehead atoms. The number of thiophene rings is 1. The van der Waals surface area contributed by atoms with E-state index in [1.807, 2.05) is 35.6 Å². The first-order valence-corrected chi connectivity index (χ1v) is 10.4. The highest BCUT2D eigenvalue weighted by Gasteiger charge is 2.26. The van der Waals surface area contributed by atoms with Gasteiger partial charge in [-0.1, -0.05) is 6.92 Å². The van der Waals surface area contributed by atoms with E-state index in [9.17, 15) is 4.79 Å². The minimum Gasteiger partial charge on any atom is -0.497 e. The highest BCUT2D eigenvalue weighted by Crippen LogP contribution is 2.43. The number of nitrogens with one attached hydrogen (secondary N) is 1. The number of methoxy groups -OCH3 is 1. The van der Waals surface area contributed by atoms with Crippen LogP contribution in [0.5, 0.6) is 5.75 Å². The van der Waals surface area contributed by atoms with Gasteiger partial charge in [0, 0.05) is 21.2 Å². The first kappa shape index (κ1) is 16.7. The number of rotatable bonds is 3. The lowest BCUT2D eigenvalue weighted by molar-refractivity contribution is -0.112. The van der Waals surface area contributed by atoms with Crippen LogP contribution in [0.3, 0.4) is 0 Å². The van der Waals surface area contributed by atoms with Gasteiger partial charge in [-0.2, -0.15) is 0 Å². The fraction of sp³-hybridized carbons (Fsp3) is 0.350. The van der Waals surface area contributed by atoms with Crippen molar-refractivity contribution in [2.75, 3.05) is 12.4 Å². The Kier molecular flexibility index (Phi) is 4.61. The minimum absolute atomic E-state index is 0.0273. The number of anilines is 1. The van der Waals surface area contributed by atoms with Gasteiger partial charge in [-0.25, -0.2) is 0 Å². The molecule has 0 saturated carbocycles. The van der Waals surface area contributed by atoms with Crippen molar-refractivity contribution in [1.29, 1.82) is 0 Å². The van der Waals surface area contributed by atoms with Crippen molar-refractivity contribution in [2.24, 2.45) is 5.92 Å². The van der Waals surface area contributed by atoms with Crippen LogP contribution in [0.15, 0.2) is 29.2 Å². The molecule has 3 nitrogen and oxygen atoms in total. The molecule has 5 heteroatoms. The minimum atomic E-state index is -0.0273. The van der Waals surface area contributed by atoms with E-state index in [0.29, 0.717) is 0 Å². The largest absolute Gasteiger partial charge is 0.497 e. The molecule has 1 aliphatic carbocycles. The molecule has 1 atom stereocenters. The van der Waals surface area contributed by atoms with Crippen molar-refractivity contribution in [3.05, 3.63) is 50.1 Å². The molecule has 2 aromatic rings. The molecule has 1 amide bonds. The lowest BCUT2D eigenvalue weighted by Gasteiger charge is -2.20. The molecule has 2 aliphatic rings. The number of hydrogen-bond donors (Lipinski definition) is 1. The van der Waals surface area contributed by atoms with E-state index in [1.54, 1.807) is 24.4 Å². The Labute approximate surface area is 156 Å². The third-order valence-electron chi connectivity index (χ3n) is 4.86. The van der Waals surface area contributed by atoms with Crippen LogP contribution in [0.25, 0.3) is 6.08 Å². The molecule has 1 aromatic carbocycles. The Hall–Kier alpha value is -1.72. The molecule has 130 valence electrons. The molecule has 1 aliphatic heterocycles. The smallest absolute Gasteiger partial charge is 0.262 e. The van der Waals surface area contributed by atoms with Crippen LogP contribution in [0.1, 0.15) is 34.2 Å². The Morgan fingerprint density at radius 1 is 1.24 bits per heavy atom. The van der Waals surface area contributed by atoms with Crippen molar-refractivity contribution in [3.63, 3.8) is 0 Å². The summed E-state index contributed by atoms with van der Waals surface area (Å²) in [5.41, 5.74) is 3.83. The third kappa shape index (κ3) is 3.35. The van der Waals surface area contributed by atoms with Crippen LogP contribution in [0, 0.1) is 5.92 Å². The fourth-order valence-corrected chi connectivity index (χ4v) is 6.08. The molecule has 1 unspecified atom stereocenters. The number of amides is 1. The van der Waals surface area contributed by atoms with E-state index >= 15 is 0 Å². The Morgan fingerprint density at radius 3 is 2.80 bits per heavy atom. The fourth-order valence-electron chi connectivity index (χ4n) is 3.42. The van der Waals surface area contributed by atoms with Gasteiger partial charge in [0.15, 0.2) is 0 Å². The zero-order valence-electron chi connectivity index (χ0n) is 14.4. The van der Waals surface area contributed by atoms with E-state index in [1.165, 1.54) is 34.6 Å². The molecule has 1 aromatic heterocycles. The van der Waals surface area contributed by atoms with E-state index in [4.69, 9.17) is 4.74 Å². The van der Waals surface area contributed by atoms with E-state index < -0.39 is 0 Å². The number of carbonyl (C=O) groups excluding carboxylic acids is 1. The molecule has 0 fully saturated rings. The van der Waals surface area contributed by atoms with Crippen LogP contribution in [-0.4, -0.2) is 13.0 Å². The summed E-state index contributed by atoms with van der Waals surface area (Å²) in [5.74, 6) is 2.45. The number of ether oxygens (including phenoxy) is 1. The second kappa shape index (κ2) is 6.89. The zero-order valence-corrected chi connectivity index (χ0v) is 16.1. The maximum atomic E-state index is 12.6. The second-order valence-electron chi connectivity index (χ2n) is 6.67. The predicted octanol–water partition coefficient (Wildman–Crippen LogP) is 5.11. The van der Waals surface area contributed by atoms with Crippen LogP contribution >= 0.6 is 23.1 Å². The molecular weight excluding hydrogens is 350 g/mol. The Morgan fingerprint density at radius 2 is 2.04 bits per heavy atom. The average molecular weight is 372 g/mol. The molecular formula is C20H21NO2S2. The average Bonchev–Trinajstić information content (AvgIpc) is 2.98. The van der Waals surface area contributed by atoms with Gasteiger partial charge in [0.1, 0.15) is 5.75 Å². The van der Waals surface area contributed by atoms with E-state index in [2.05, 4.69) is 18.3 Å². The van der Waals surface area contributed by atoms with E-state index in [-0.39, 0.29) is 5.91 Å². The summed E-state index contributed by atoms with van der Waals surface area (Å²) < 4.78 is 5.15. The van der Waals surface area contributed by atoms with Gasteiger partial charge in [-0.3, -0.25) is 4.79 Å². The van der Waals surface area contributed by atoms with Crippen molar-refractivity contribution in [3.8, 4) is 5.75 Å². The second-order valence-corrected chi connectivity index (χ2v) is 8.83. The molecule has 0 spiro atoms. The van der Waals surface area contributed by atoms with Crippen molar-refractivity contribution in [2.45, 2.75) is 31.9 Å². The summed E-state index contributed by atoms with van der Waals surface area (Å²) >= 11 is 3.54. The lowest BCUT2D eigenvalue weighted by atomic mass is 9.88. The molecule has 2 heterocycles. The maximum Gasteiger partial charge on any atom is 0.262 e. The molecule has 0 saturated heterocycles. The number of hydrogen-bond acceptors (Lipinski definition) is 4. The third-order valence-corrected chi connectivity index (χ3v) is 7.15. The van der Waals surface area contributed by atoms with Crippen LogP contribution in [0.4, 0.5) is 5.69 Å². The summed E-state index contributed by atoms with van der Waals surface area (Å²) in [4.78, 5) is 16.2. The van der Waals surface area contributed by atoms with Gasteiger partial charge >= 0.3 is 0 Å². The quantitative estimate of drug-likeness (QED) is 0.815. The Balaban J connectivity index is 1.53. The Bertz CT molecular complexity index is 836. The molecule has 25 heavy (non-hydrogen) atoms. The normalized spacial score (nSPS) is 18.8. The standard InChI is InChI=1S/C20H21NO2S2/c1-12-3-8-15-16-11-24-19(10-18(16)25-17(15)9-12)20(22)21-13-4-6-14(23-2)7-5-13/h4-7,10,12H,3,8-9,11H2,1-2H3,(H,21,22). The van der Waals surface area contributed by atoms with Gasteiger partial charge in [-0.05, 0) is 66.6 Å². The number of fused-ring (bicyclic) bond motifs is 3. The first-order valence-electron chi connectivity index (χ1n) is 8.57. The summed E-state index contributed by atoms with van der Waals surface area (Å²) in [7, 11) is 1.63. The van der Waals surface area contributed by atoms with Crippen LogP contribution in [-0.2, 0) is 23.4 Å². The summed E-state index contributed by atoms with van der Waals surface area (Å²) in [6.45, 7) is 2.33. The van der Waals surface area contributed by atoms with Gasteiger partial charge in [-0.15, -0.1) is 23.1 Å². The topological polar surface area (TPSA) is 38.3 Å². The van der Waals surface area contributed by atoms with E-state index in [0.717, 1.165) is 28.0 Å². The summed E-state index contributed by atoms with van der Waals surface area (Å²) in [6.07, 6.45) is 5.76. The van der Waals surface area contributed by atoms with Crippen LogP contribution < -0.4 is 10.1 Å². The van der Waals surface area contributed by atoms with Gasteiger partial charge in [0.05, 0.1) is 12.0 Å². The highest BCUT2D eigenvalue weighted by molar-refractivity contribution is 8.03. The summed E-state index contributed by atoms with van der Waals surface area (Å²) in [5, 5.41) is 2.98. The number of benzene rings is 1. The highest BCUT2D eigenvalue weighted by atomic mass is 32.2. The van der Waals surface area contributed by atoms with Crippen molar-refractivity contribution < 1.29 is 9.53 Å². The van der Waals surface area contributed by atoms with Gasteiger partial charge in [0.25, 0.3) is 5.91 Å².